The summed E-state index contributed by atoms with van der Waals surface area (Å²) in [7, 11) is 1.65. The van der Waals surface area contributed by atoms with Crippen LogP contribution >= 0.6 is 11.8 Å². The van der Waals surface area contributed by atoms with E-state index < -0.39 is 0 Å². The van der Waals surface area contributed by atoms with Crippen molar-refractivity contribution in [2.75, 3.05) is 7.11 Å². The first-order valence-electron chi connectivity index (χ1n) is 8.10. The van der Waals surface area contributed by atoms with Crippen molar-refractivity contribution in [2.45, 2.75) is 6.54 Å². The Balaban J connectivity index is 1.67. The van der Waals surface area contributed by atoms with Crippen LogP contribution in [0.4, 0.5) is 4.79 Å². The van der Waals surface area contributed by atoms with Gasteiger partial charge in [-0.15, -0.1) is 0 Å². The average Bonchev–Trinajstić information content (AvgIpc) is 3.19. The van der Waals surface area contributed by atoms with Crippen LogP contribution in [-0.2, 0) is 11.3 Å². The van der Waals surface area contributed by atoms with Crippen molar-refractivity contribution in [3.63, 3.8) is 0 Å². The Morgan fingerprint density at radius 2 is 1.92 bits per heavy atom. The number of methoxy groups -OCH3 is 1. The highest BCUT2D eigenvalue weighted by atomic mass is 32.2. The van der Waals surface area contributed by atoms with Gasteiger partial charge >= 0.3 is 0 Å². The molecule has 1 fully saturated rings. The summed E-state index contributed by atoms with van der Waals surface area (Å²) in [6.45, 7) is 0.735. The van der Waals surface area contributed by atoms with Gasteiger partial charge in [0.05, 0.1) is 12.8 Å². The van der Waals surface area contributed by atoms with Crippen LogP contribution in [0.15, 0.2) is 60.4 Å². The van der Waals surface area contributed by atoms with Crippen LogP contribution in [0.2, 0.25) is 0 Å². The van der Waals surface area contributed by atoms with Gasteiger partial charge in [-0.2, -0.15) is 0 Å². The second kappa shape index (κ2) is 6.72. The van der Waals surface area contributed by atoms with Gasteiger partial charge in [-0.25, -0.2) is 0 Å². The van der Waals surface area contributed by atoms with E-state index in [1.54, 1.807) is 13.2 Å². The van der Waals surface area contributed by atoms with Gasteiger partial charge in [0.25, 0.3) is 5.24 Å². The molecule has 3 aromatic rings. The number of amides is 1. The lowest BCUT2D eigenvalue weighted by Gasteiger charge is -2.07. The molecule has 0 spiro atoms. The summed E-state index contributed by atoms with van der Waals surface area (Å²) in [5, 5.41) is 3.05. The second-order valence-corrected chi connectivity index (χ2v) is 6.88. The summed E-state index contributed by atoms with van der Waals surface area (Å²) in [5.41, 5.74) is 3.47. The van der Waals surface area contributed by atoms with Crippen molar-refractivity contribution in [1.29, 1.82) is 0 Å². The molecule has 2 aromatic carbocycles. The van der Waals surface area contributed by atoms with Crippen molar-refractivity contribution in [3.05, 3.63) is 71.6 Å². The minimum absolute atomic E-state index is 0.246. The Morgan fingerprint density at radius 1 is 1.12 bits per heavy atom. The van der Waals surface area contributed by atoms with E-state index in [-0.39, 0.29) is 10.4 Å². The number of nitrogens with zero attached hydrogens (tertiary/aromatic N) is 1. The number of hydrogen-bond acceptors (Lipinski definition) is 4. The summed E-state index contributed by atoms with van der Waals surface area (Å²) < 4.78 is 7.35. The van der Waals surface area contributed by atoms with Gasteiger partial charge in [0.2, 0.25) is 5.12 Å². The lowest BCUT2D eigenvalue weighted by atomic mass is 10.1. The number of hydrogen-bond donors (Lipinski definition) is 1. The Bertz CT molecular complexity index is 1030. The van der Waals surface area contributed by atoms with E-state index in [4.69, 9.17) is 4.74 Å². The normalized spacial score (nSPS) is 15.7. The van der Waals surface area contributed by atoms with E-state index >= 15 is 0 Å². The summed E-state index contributed by atoms with van der Waals surface area (Å²) in [4.78, 5) is 23.2. The predicted octanol–water partition coefficient (Wildman–Crippen LogP) is 4.02. The standard InChI is InChI=1S/C20H16N2O3S/c1-25-15-7-5-13(6-8-15)12-22-10-9-16-14(3-2-4-18(16)22)11-17-19(23)26-20(24)21-17/h2-11H,12H2,1H3,(H,21,24). The first kappa shape index (κ1) is 16.5. The summed E-state index contributed by atoms with van der Waals surface area (Å²) in [6.07, 6.45) is 3.76. The Hall–Kier alpha value is -2.99. The van der Waals surface area contributed by atoms with Crippen molar-refractivity contribution in [3.8, 4) is 5.75 Å². The minimum Gasteiger partial charge on any atom is -0.497 e. The second-order valence-electron chi connectivity index (χ2n) is 5.93. The number of fused-ring (bicyclic) bond motifs is 1. The molecule has 1 saturated heterocycles. The van der Waals surface area contributed by atoms with E-state index in [2.05, 4.69) is 9.88 Å². The third kappa shape index (κ3) is 3.11. The van der Waals surface area contributed by atoms with E-state index in [0.717, 1.165) is 28.8 Å². The van der Waals surface area contributed by atoms with Crippen LogP contribution < -0.4 is 10.1 Å². The number of thioether (sulfide) groups is 1. The highest BCUT2D eigenvalue weighted by molar-refractivity contribution is 8.27. The molecule has 0 bridgehead atoms. The number of carbonyl (C=O) groups is 2. The van der Waals surface area contributed by atoms with Crippen LogP contribution in [0.3, 0.4) is 0 Å². The maximum Gasteiger partial charge on any atom is 0.291 e. The quantitative estimate of drug-likeness (QED) is 0.710. The van der Waals surface area contributed by atoms with Crippen LogP contribution in [0.25, 0.3) is 17.0 Å². The molecule has 1 aliphatic rings. The number of carbonyl (C=O) groups excluding carboxylic acids is 2. The Kier molecular flexibility index (Phi) is 4.26. The molecule has 0 saturated carbocycles. The number of benzene rings is 2. The highest BCUT2D eigenvalue weighted by Crippen LogP contribution is 2.26. The zero-order valence-electron chi connectivity index (χ0n) is 14.1. The largest absolute Gasteiger partial charge is 0.497 e. The minimum atomic E-state index is -0.328. The smallest absolute Gasteiger partial charge is 0.291 e. The fraction of sp³-hybridized carbons (Fsp3) is 0.100. The number of aromatic nitrogens is 1. The van der Waals surface area contributed by atoms with Crippen LogP contribution in [0.1, 0.15) is 11.1 Å². The molecule has 1 amide bonds. The molecule has 0 unspecified atom stereocenters. The van der Waals surface area contributed by atoms with E-state index in [0.29, 0.717) is 17.5 Å². The molecule has 1 aliphatic heterocycles. The predicted molar refractivity (Wildman–Crippen MR) is 103 cm³/mol. The maximum atomic E-state index is 11.8. The van der Waals surface area contributed by atoms with Crippen molar-refractivity contribution in [1.82, 2.24) is 9.88 Å². The zero-order valence-corrected chi connectivity index (χ0v) is 14.9. The molecule has 6 heteroatoms. The molecule has 4 rings (SSSR count). The average molecular weight is 364 g/mol. The van der Waals surface area contributed by atoms with E-state index in [1.165, 1.54) is 5.56 Å². The molecule has 130 valence electrons. The van der Waals surface area contributed by atoms with Crippen LogP contribution in [0, 0.1) is 0 Å². The van der Waals surface area contributed by atoms with Gasteiger partial charge in [0.15, 0.2) is 0 Å². The van der Waals surface area contributed by atoms with Gasteiger partial charge in [-0.3, -0.25) is 9.59 Å². The monoisotopic (exact) mass is 364 g/mol. The van der Waals surface area contributed by atoms with E-state index in [9.17, 15) is 9.59 Å². The summed E-state index contributed by atoms with van der Waals surface area (Å²) in [5.74, 6) is 0.834. The van der Waals surface area contributed by atoms with Crippen LogP contribution in [0.5, 0.6) is 5.75 Å². The molecule has 26 heavy (non-hydrogen) atoms. The molecule has 1 N–H and O–H groups in total. The fourth-order valence-electron chi connectivity index (χ4n) is 3.01. The Labute approximate surface area is 154 Å². The van der Waals surface area contributed by atoms with Crippen molar-refractivity contribution < 1.29 is 14.3 Å². The third-order valence-electron chi connectivity index (χ3n) is 4.30. The SMILES string of the molecule is COc1ccc(Cn2ccc3c(C=C4NC(=O)SC4=O)cccc32)cc1. The first-order valence-corrected chi connectivity index (χ1v) is 8.91. The number of rotatable bonds is 4. The number of nitrogens with one attached hydrogen (secondary N) is 1. The first-order chi connectivity index (χ1) is 12.6. The molecule has 2 heterocycles. The summed E-state index contributed by atoms with van der Waals surface area (Å²) in [6, 6.07) is 15.9. The van der Waals surface area contributed by atoms with Crippen LogP contribution in [-0.4, -0.2) is 22.0 Å². The third-order valence-corrected chi connectivity index (χ3v) is 4.99. The van der Waals surface area contributed by atoms with Gasteiger partial charge in [0, 0.05) is 35.4 Å². The number of ether oxygens (including phenoxy) is 1. The molecule has 0 atom stereocenters. The molecule has 0 radical (unpaired) electrons. The lowest BCUT2D eigenvalue weighted by Crippen LogP contribution is -2.10. The molecular formula is C20H16N2O3S. The highest BCUT2D eigenvalue weighted by Gasteiger charge is 2.25. The van der Waals surface area contributed by atoms with Gasteiger partial charge in [-0.05, 0) is 41.5 Å². The fourth-order valence-corrected chi connectivity index (χ4v) is 3.56. The topological polar surface area (TPSA) is 60.3 Å². The van der Waals surface area contributed by atoms with E-state index in [1.807, 2.05) is 54.7 Å². The molecule has 0 aliphatic carbocycles. The van der Waals surface area contributed by atoms with Gasteiger partial charge in [0.1, 0.15) is 5.75 Å². The Morgan fingerprint density at radius 3 is 2.62 bits per heavy atom. The van der Waals surface area contributed by atoms with Crippen molar-refractivity contribution >= 4 is 39.1 Å². The summed E-state index contributed by atoms with van der Waals surface area (Å²) >= 11 is 0.690. The molecule has 5 nitrogen and oxygen atoms in total. The van der Waals surface area contributed by atoms with Gasteiger partial charge < -0.3 is 14.6 Å². The van der Waals surface area contributed by atoms with Gasteiger partial charge in [-0.1, -0.05) is 24.3 Å². The molecule has 1 aromatic heterocycles. The lowest BCUT2D eigenvalue weighted by molar-refractivity contribution is -0.107. The maximum absolute atomic E-state index is 11.8. The zero-order chi connectivity index (χ0) is 18.1. The van der Waals surface area contributed by atoms with Crippen molar-refractivity contribution in [2.24, 2.45) is 0 Å². The molecular weight excluding hydrogens is 348 g/mol.